The van der Waals surface area contributed by atoms with Gasteiger partial charge in [-0.3, -0.25) is 4.79 Å². The van der Waals surface area contributed by atoms with E-state index in [9.17, 15) is 9.18 Å². The summed E-state index contributed by atoms with van der Waals surface area (Å²) in [7, 11) is 0. The first-order valence-electron chi connectivity index (χ1n) is 8.31. The standard InChI is InChI=1S/C19H14Cl2FN3O2/c20-14-3-1-2-11(6-14)9-25-10-13(8-17(25)26)19-23-18(24-27-19)12-4-5-15(21)16(22)7-12/h1-7,13H,8-10H2. The van der Waals surface area contributed by atoms with Gasteiger partial charge in [0, 0.05) is 30.1 Å². The Bertz CT molecular complexity index is 1010. The molecule has 0 saturated carbocycles. The van der Waals surface area contributed by atoms with Gasteiger partial charge in [-0.15, -0.1) is 0 Å². The fourth-order valence-corrected chi connectivity index (χ4v) is 3.43. The van der Waals surface area contributed by atoms with Gasteiger partial charge in [0.1, 0.15) is 5.82 Å². The van der Waals surface area contributed by atoms with E-state index in [0.717, 1.165) is 5.56 Å². The van der Waals surface area contributed by atoms with Crippen molar-refractivity contribution in [3.63, 3.8) is 0 Å². The van der Waals surface area contributed by atoms with Crippen molar-refractivity contribution in [3.05, 3.63) is 69.8 Å². The molecule has 1 aliphatic rings. The molecule has 4 rings (SSSR count). The fraction of sp³-hybridized carbons (Fsp3) is 0.211. The van der Waals surface area contributed by atoms with E-state index in [1.807, 2.05) is 18.2 Å². The van der Waals surface area contributed by atoms with Crippen molar-refractivity contribution in [3.8, 4) is 11.4 Å². The molecule has 1 saturated heterocycles. The number of aromatic nitrogens is 2. The van der Waals surface area contributed by atoms with Gasteiger partial charge in [0.05, 0.1) is 10.9 Å². The number of carbonyl (C=O) groups excluding carboxylic acids is 1. The molecule has 2 aromatic carbocycles. The number of rotatable bonds is 4. The maximum atomic E-state index is 13.6. The summed E-state index contributed by atoms with van der Waals surface area (Å²) in [5.74, 6) is -0.111. The molecule has 1 amide bonds. The average Bonchev–Trinajstić information content (AvgIpc) is 3.25. The van der Waals surface area contributed by atoms with Crippen molar-refractivity contribution >= 4 is 29.1 Å². The minimum Gasteiger partial charge on any atom is -0.339 e. The predicted molar refractivity (Wildman–Crippen MR) is 98.9 cm³/mol. The molecule has 138 valence electrons. The summed E-state index contributed by atoms with van der Waals surface area (Å²) >= 11 is 11.7. The Hall–Kier alpha value is -2.44. The maximum absolute atomic E-state index is 13.6. The second-order valence-electron chi connectivity index (χ2n) is 6.39. The molecule has 0 radical (unpaired) electrons. The minimum atomic E-state index is -0.552. The highest BCUT2D eigenvalue weighted by molar-refractivity contribution is 6.31. The summed E-state index contributed by atoms with van der Waals surface area (Å²) in [4.78, 5) is 18.4. The van der Waals surface area contributed by atoms with E-state index in [1.54, 1.807) is 17.0 Å². The van der Waals surface area contributed by atoms with Crippen molar-refractivity contribution < 1.29 is 13.7 Å². The third-order valence-electron chi connectivity index (χ3n) is 4.45. The lowest BCUT2D eigenvalue weighted by Crippen LogP contribution is -2.24. The van der Waals surface area contributed by atoms with Crippen molar-refractivity contribution in [2.45, 2.75) is 18.9 Å². The van der Waals surface area contributed by atoms with E-state index in [-0.39, 0.29) is 29.1 Å². The van der Waals surface area contributed by atoms with Gasteiger partial charge in [0.25, 0.3) is 0 Å². The smallest absolute Gasteiger partial charge is 0.232 e. The van der Waals surface area contributed by atoms with Crippen LogP contribution in [0.2, 0.25) is 10.0 Å². The Labute approximate surface area is 164 Å². The Morgan fingerprint density at radius 3 is 2.85 bits per heavy atom. The summed E-state index contributed by atoms with van der Waals surface area (Å²) in [6.07, 6.45) is 0.289. The Balaban J connectivity index is 1.49. The number of amides is 1. The zero-order valence-corrected chi connectivity index (χ0v) is 15.5. The highest BCUT2D eigenvalue weighted by Gasteiger charge is 2.34. The van der Waals surface area contributed by atoms with Crippen LogP contribution in [-0.4, -0.2) is 27.5 Å². The Morgan fingerprint density at radius 2 is 2.07 bits per heavy atom. The molecule has 2 heterocycles. The lowest BCUT2D eigenvalue weighted by atomic mass is 10.1. The van der Waals surface area contributed by atoms with Crippen LogP contribution in [0, 0.1) is 5.82 Å². The summed E-state index contributed by atoms with van der Waals surface area (Å²) < 4.78 is 19.0. The number of hydrogen-bond acceptors (Lipinski definition) is 4. The second kappa shape index (κ2) is 7.29. The first kappa shape index (κ1) is 17.9. The lowest BCUT2D eigenvalue weighted by molar-refractivity contribution is -0.128. The number of carbonyl (C=O) groups is 1. The maximum Gasteiger partial charge on any atom is 0.232 e. The number of likely N-dealkylation sites (tertiary alicyclic amines) is 1. The van der Waals surface area contributed by atoms with E-state index < -0.39 is 5.82 Å². The summed E-state index contributed by atoms with van der Waals surface area (Å²) in [5.41, 5.74) is 1.42. The lowest BCUT2D eigenvalue weighted by Gasteiger charge is -2.16. The third-order valence-corrected chi connectivity index (χ3v) is 4.99. The van der Waals surface area contributed by atoms with E-state index in [1.165, 1.54) is 12.1 Å². The first-order valence-corrected chi connectivity index (χ1v) is 9.06. The van der Waals surface area contributed by atoms with Gasteiger partial charge in [-0.1, -0.05) is 40.5 Å². The zero-order chi connectivity index (χ0) is 19.0. The monoisotopic (exact) mass is 405 g/mol. The van der Waals surface area contributed by atoms with E-state index >= 15 is 0 Å². The zero-order valence-electron chi connectivity index (χ0n) is 14.0. The van der Waals surface area contributed by atoms with Crippen LogP contribution in [0.1, 0.15) is 23.8 Å². The third kappa shape index (κ3) is 3.82. The number of halogens is 3. The normalized spacial score (nSPS) is 16.9. The Morgan fingerprint density at radius 1 is 1.22 bits per heavy atom. The molecule has 1 aromatic heterocycles. The van der Waals surface area contributed by atoms with E-state index in [2.05, 4.69) is 10.1 Å². The van der Waals surface area contributed by atoms with Crippen LogP contribution in [0.5, 0.6) is 0 Å². The summed E-state index contributed by atoms with van der Waals surface area (Å²) in [6, 6.07) is 11.7. The van der Waals surface area contributed by atoms with Crippen LogP contribution < -0.4 is 0 Å². The van der Waals surface area contributed by atoms with Crippen LogP contribution in [0.25, 0.3) is 11.4 Å². The largest absolute Gasteiger partial charge is 0.339 e. The van der Waals surface area contributed by atoms with Crippen molar-refractivity contribution in [2.24, 2.45) is 0 Å². The van der Waals surface area contributed by atoms with Crippen LogP contribution in [0.3, 0.4) is 0 Å². The molecular formula is C19H14Cl2FN3O2. The molecule has 0 bridgehead atoms. The second-order valence-corrected chi connectivity index (χ2v) is 7.23. The molecular weight excluding hydrogens is 392 g/mol. The SMILES string of the molecule is O=C1CC(c2nc(-c3ccc(Cl)c(F)c3)no2)CN1Cc1cccc(Cl)c1. The highest BCUT2D eigenvalue weighted by atomic mass is 35.5. The predicted octanol–water partition coefficient (Wildman–Crippen LogP) is 4.70. The first-order chi connectivity index (χ1) is 13.0. The van der Waals surface area contributed by atoms with Crippen LogP contribution in [-0.2, 0) is 11.3 Å². The van der Waals surface area contributed by atoms with Crippen LogP contribution in [0.15, 0.2) is 47.0 Å². The minimum absolute atomic E-state index is 0.0114. The molecule has 27 heavy (non-hydrogen) atoms. The molecule has 1 aliphatic heterocycles. The molecule has 1 unspecified atom stereocenters. The van der Waals surface area contributed by atoms with Gasteiger partial charge in [-0.2, -0.15) is 4.98 Å². The molecule has 8 heteroatoms. The molecule has 0 N–H and O–H groups in total. The van der Waals surface area contributed by atoms with E-state index in [4.69, 9.17) is 27.7 Å². The fourth-order valence-electron chi connectivity index (χ4n) is 3.10. The quantitative estimate of drug-likeness (QED) is 0.631. The number of hydrogen-bond donors (Lipinski definition) is 0. The van der Waals surface area contributed by atoms with Crippen molar-refractivity contribution in [2.75, 3.05) is 6.54 Å². The van der Waals surface area contributed by atoms with Gasteiger partial charge >= 0.3 is 0 Å². The van der Waals surface area contributed by atoms with Gasteiger partial charge in [-0.05, 0) is 35.9 Å². The van der Waals surface area contributed by atoms with Crippen LogP contribution in [0.4, 0.5) is 4.39 Å². The van der Waals surface area contributed by atoms with Gasteiger partial charge < -0.3 is 9.42 Å². The van der Waals surface area contributed by atoms with Gasteiger partial charge in [0.15, 0.2) is 0 Å². The number of nitrogens with zero attached hydrogens (tertiary/aromatic N) is 3. The molecule has 1 fully saturated rings. The molecule has 1 atom stereocenters. The van der Waals surface area contributed by atoms with Gasteiger partial charge in [-0.25, -0.2) is 4.39 Å². The van der Waals surface area contributed by atoms with Crippen molar-refractivity contribution in [1.82, 2.24) is 15.0 Å². The van der Waals surface area contributed by atoms with E-state index in [0.29, 0.717) is 29.6 Å². The molecule has 5 nitrogen and oxygen atoms in total. The summed E-state index contributed by atoms with van der Waals surface area (Å²) in [5, 5.41) is 4.56. The van der Waals surface area contributed by atoms with Gasteiger partial charge in [0.2, 0.25) is 17.6 Å². The van der Waals surface area contributed by atoms with Crippen molar-refractivity contribution in [1.29, 1.82) is 0 Å². The average molecular weight is 406 g/mol. The molecule has 3 aromatic rings. The summed E-state index contributed by atoms with van der Waals surface area (Å²) in [6.45, 7) is 0.946. The number of benzene rings is 2. The highest BCUT2D eigenvalue weighted by Crippen LogP contribution is 2.30. The molecule has 0 spiro atoms. The topological polar surface area (TPSA) is 59.2 Å². The Kier molecular flexibility index (Phi) is 4.85. The molecule has 0 aliphatic carbocycles. The van der Waals surface area contributed by atoms with Crippen LogP contribution >= 0.6 is 23.2 Å².